The molecule has 0 N–H and O–H groups in total. The molecule has 0 atom stereocenters. The lowest BCUT2D eigenvalue weighted by atomic mass is 10.0. The van der Waals surface area contributed by atoms with Gasteiger partial charge in [0.1, 0.15) is 5.82 Å². The molecular weight excluding hydrogens is 581 g/mol. The lowest BCUT2D eigenvalue weighted by molar-refractivity contribution is 0.518. The first-order valence-electron chi connectivity index (χ1n) is 15.8. The number of anilines is 3. The van der Waals surface area contributed by atoms with Crippen LogP contribution in [-0.2, 0) is 0 Å². The van der Waals surface area contributed by atoms with Crippen molar-refractivity contribution in [2.75, 3.05) is 16.5 Å². The van der Waals surface area contributed by atoms with Gasteiger partial charge in [-0.2, -0.15) is 0 Å². The van der Waals surface area contributed by atoms with E-state index >= 15 is 0 Å². The molecule has 0 unspecified atom stereocenters. The van der Waals surface area contributed by atoms with Crippen molar-refractivity contribution in [3.8, 4) is 16.9 Å². The standard InChI is InChI=1S/C41H36N4S/c1-28-12-5-6-15-33(28)29-22-23-42-40(24-29)45-36-17-8-7-16-34(36)35-21-20-32(26-39(35)45)46-31-14-11-13-30(25-31)43-27-44(41(2,3)4)38-19-10-9-18-37(38)43/h5-26H,27H2,1-4H3. The molecule has 0 amide bonds. The first-order chi connectivity index (χ1) is 22.3. The summed E-state index contributed by atoms with van der Waals surface area (Å²) in [5.74, 6) is 0.923. The van der Waals surface area contributed by atoms with E-state index in [1.807, 2.05) is 6.20 Å². The highest BCUT2D eigenvalue weighted by Crippen LogP contribution is 2.44. The summed E-state index contributed by atoms with van der Waals surface area (Å²) in [5.41, 5.74) is 9.75. The number of nitrogens with zero attached hydrogens (tertiary/aromatic N) is 4. The van der Waals surface area contributed by atoms with Gasteiger partial charge in [0.05, 0.1) is 29.1 Å². The average Bonchev–Trinajstić information content (AvgIpc) is 3.62. The fraction of sp³-hybridized carbons (Fsp3) is 0.146. The van der Waals surface area contributed by atoms with Crippen molar-refractivity contribution < 1.29 is 0 Å². The Balaban J connectivity index is 1.18. The first kappa shape index (κ1) is 28.5. The van der Waals surface area contributed by atoms with Crippen molar-refractivity contribution in [2.24, 2.45) is 0 Å². The topological polar surface area (TPSA) is 24.3 Å². The summed E-state index contributed by atoms with van der Waals surface area (Å²) in [7, 11) is 0. The van der Waals surface area contributed by atoms with E-state index in [0.29, 0.717) is 0 Å². The van der Waals surface area contributed by atoms with Crippen molar-refractivity contribution >= 4 is 50.6 Å². The summed E-state index contributed by atoms with van der Waals surface area (Å²) in [5, 5.41) is 2.46. The normalized spacial score (nSPS) is 13.1. The molecular formula is C41H36N4S. The second-order valence-corrected chi connectivity index (χ2v) is 14.2. The monoisotopic (exact) mass is 616 g/mol. The van der Waals surface area contributed by atoms with Crippen LogP contribution in [0.25, 0.3) is 38.8 Å². The number of aryl methyl sites for hydroxylation is 1. The van der Waals surface area contributed by atoms with Crippen molar-refractivity contribution in [3.05, 3.63) is 139 Å². The summed E-state index contributed by atoms with van der Waals surface area (Å²) in [6.07, 6.45) is 1.93. The Morgan fingerprint density at radius 1 is 0.652 bits per heavy atom. The van der Waals surface area contributed by atoms with Crippen LogP contribution < -0.4 is 9.80 Å². The molecule has 3 heterocycles. The van der Waals surface area contributed by atoms with E-state index < -0.39 is 0 Å². The SMILES string of the molecule is Cc1ccccc1-c1ccnc(-n2c3ccccc3c3ccc(Sc4cccc(N5CN(C(C)(C)C)c6ccccc65)c4)cc32)c1. The number of fused-ring (bicyclic) bond motifs is 4. The van der Waals surface area contributed by atoms with Gasteiger partial charge in [0.15, 0.2) is 0 Å². The van der Waals surface area contributed by atoms with Crippen LogP contribution in [0.5, 0.6) is 0 Å². The van der Waals surface area contributed by atoms with E-state index in [4.69, 9.17) is 4.98 Å². The number of para-hydroxylation sites is 3. The Morgan fingerprint density at radius 3 is 2.24 bits per heavy atom. The fourth-order valence-electron chi connectivity index (χ4n) is 6.73. The smallest absolute Gasteiger partial charge is 0.138 e. The van der Waals surface area contributed by atoms with Gasteiger partial charge >= 0.3 is 0 Å². The van der Waals surface area contributed by atoms with Crippen LogP contribution >= 0.6 is 11.8 Å². The van der Waals surface area contributed by atoms with Gasteiger partial charge in [-0.15, -0.1) is 0 Å². The molecule has 1 aliphatic rings. The van der Waals surface area contributed by atoms with Crippen LogP contribution in [0.2, 0.25) is 0 Å². The minimum absolute atomic E-state index is 0.0272. The predicted molar refractivity (Wildman–Crippen MR) is 195 cm³/mol. The second-order valence-electron chi connectivity index (χ2n) is 13.0. The van der Waals surface area contributed by atoms with Gasteiger partial charge in [-0.3, -0.25) is 4.57 Å². The number of aromatic nitrogens is 2. The molecule has 2 aromatic heterocycles. The molecule has 46 heavy (non-hydrogen) atoms. The molecule has 0 radical (unpaired) electrons. The van der Waals surface area contributed by atoms with E-state index in [-0.39, 0.29) is 5.54 Å². The van der Waals surface area contributed by atoms with Crippen molar-refractivity contribution in [1.82, 2.24) is 9.55 Å². The lowest BCUT2D eigenvalue weighted by Gasteiger charge is -2.34. The maximum atomic E-state index is 4.90. The molecule has 4 nitrogen and oxygen atoms in total. The zero-order valence-electron chi connectivity index (χ0n) is 26.6. The molecule has 8 rings (SSSR count). The average molecular weight is 617 g/mol. The molecule has 226 valence electrons. The molecule has 0 saturated carbocycles. The third kappa shape index (κ3) is 4.92. The first-order valence-corrected chi connectivity index (χ1v) is 16.6. The van der Waals surface area contributed by atoms with Crippen molar-refractivity contribution in [2.45, 2.75) is 43.0 Å². The molecule has 1 aliphatic heterocycles. The maximum absolute atomic E-state index is 4.90. The fourth-order valence-corrected chi connectivity index (χ4v) is 7.63. The van der Waals surface area contributed by atoms with Crippen LogP contribution in [-0.4, -0.2) is 21.8 Å². The molecule has 0 saturated heterocycles. The van der Waals surface area contributed by atoms with E-state index in [9.17, 15) is 0 Å². The van der Waals surface area contributed by atoms with E-state index in [0.717, 1.165) is 23.5 Å². The molecule has 7 aromatic rings. The van der Waals surface area contributed by atoms with Crippen molar-refractivity contribution in [3.63, 3.8) is 0 Å². The number of pyridine rings is 1. The maximum Gasteiger partial charge on any atom is 0.138 e. The molecule has 0 aliphatic carbocycles. The number of rotatable bonds is 5. The lowest BCUT2D eigenvalue weighted by Crippen LogP contribution is -2.42. The highest BCUT2D eigenvalue weighted by atomic mass is 32.2. The molecule has 5 aromatic carbocycles. The van der Waals surface area contributed by atoms with Gasteiger partial charge < -0.3 is 9.80 Å². The predicted octanol–water partition coefficient (Wildman–Crippen LogP) is 11.0. The molecule has 0 spiro atoms. The Bertz CT molecular complexity index is 2240. The largest absolute Gasteiger partial charge is 0.347 e. The second kappa shape index (κ2) is 11.1. The van der Waals surface area contributed by atoms with E-state index in [2.05, 4.69) is 169 Å². The Hall–Kier alpha value is -5.00. The highest BCUT2D eigenvalue weighted by molar-refractivity contribution is 7.99. The summed E-state index contributed by atoms with van der Waals surface area (Å²) in [6, 6.07) is 46.0. The third-order valence-corrected chi connectivity index (χ3v) is 9.98. The number of benzene rings is 5. The van der Waals surface area contributed by atoms with Gasteiger partial charge in [-0.25, -0.2) is 4.98 Å². The molecule has 0 fully saturated rings. The van der Waals surface area contributed by atoms with Gasteiger partial charge in [-0.05, 0) is 105 Å². The Kier molecular flexibility index (Phi) is 6.88. The van der Waals surface area contributed by atoms with Crippen LogP contribution in [0, 0.1) is 6.92 Å². The van der Waals surface area contributed by atoms with Crippen LogP contribution in [0.15, 0.2) is 143 Å². The van der Waals surface area contributed by atoms with Crippen LogP contribution in [0.1, 0.15) is 26.3 Å². The third-order valence-electron chi connectivity index (χ3n) is 9.00. The highest BCUT2D eigenvalue weighted by Gasteiger charge is 2.33. The Morgan fingerprint density at radius 2 is 1.39 bits per heavy atom. The summed E-state index contributed by atoms with van der Waals surface area (Å²) >= 11 is 1.80. The van der Waals surface area contributed by atoms with Gasteiger partial charge in [0.25, 0.3) is 0 Å². The van der Waals surface area contributed by atoms with E-state index in [1.54, 1.807) is 11.8 Å². The minimum Gasteiger partial charge on any atom is -0.347 e. The molecule has 5 heteroatoms. The van der Waals surface area contributed by atoms with Gasteiger partial charge in [0, 0.05) is 38.0 Å². The summed E-state index contributed by atoms with van der Waals surface area (Å²) in [4.78, 5) is 12.2. The summed E-state index contributed by atoms with van der Waals surface area (Å²) in [6.45, 7) is 9.84. The minimum atomic E-state index is 0.0272. The summed E-state index contributed by atoms with van der Waals surface area (Å²) < 4.78 is 2.31. The zero-order valence-corrected chi connectivity index (χ0v) is 27.4. The number of hydrogen-bond acceptors (Lipinski definition) is 4. The van der Waals surface area contributed by atoms with E-state index in [1.165, 1.54) is 54.3 Å². The quantitative estimate of drug-likeness (QED) is 0.192. The Labute approximate surface area is 274 Å². The number of hydrogen-bond donors (Lipinski definition) is 0. The molecule has 0 bridgehead atoms. The van der Waals surface area contributed by atoms with Crippen LogP contribution in [0.3, 0.4) is 0 Å². The van der Waals surface area contributed by atoms with Gasteiger partial charge in [0.2, 0.25) is 0 Å². The van der Waals surface area contributed by atoms with Crippen LogP contribution in [0.4, 0.5) is 17.1 Å². The van der Waals surface area contributed by atoms with Gasteiger partial charge in [-0.1, -0.05) is 78.5 Å². The van der Waals surface area contributed by atoms with Crippen molar-refractivity contribution in [1.29, 1.82) is 0 Å². The zero-order chi connectivity index (χ0) is 31.4.